The van der Waals surface area contributed by atoms with Crippen molar-refractivity contribution in [3.63, 3.8) is 0 Å². The predicted octanol–water partition coefficient (Wildman–Crippen LogP) is -2.60. The molecule has 2 aliphatic rings. The van der Waals surface area contributed by atoms with Crippen molar-refractivity contribution in [3.8, 4) is 0 Å². The van der Waals surface area contributed by atoms with E-state index in [0.717, 1.165) is 12.8 Å². The Kier molecular flexibility index (Phi) is 25.5. The molecule has 0 N–H and O–H groups in total. The Morgan fingerprint density at radius 2 is 1.25 bits per heavy atom. The second-order valence-electron chi connectivity index (χ2n) is 3.01. The number of hydrogen-bond donors (Lipinski definition) is 0. The van der Waals surface area contributed by atoms with E-state index in [4.69, 9.17) is 0 Å². The van der Waals surface area contributed by atoms with Gasteiger partial charge in [0.05, 0.1) is 0 Å². The molecule has 0 unspecified atom stereocenters. The van der Waals surface area contributed by atoms with Gasteiger partial charge in [0, 0.05) is 0 Å². The molecule has 4 heteroatoms. The molecule has 0 fully saturated rings. The first-order valence-electron chi connectivity index (χ1n) is 4.68. The fraction of sp³-hybridized carbons (Fsp3) is 0.333. The molecular formula is C12H16Br2SiZr-2. The molecule has 0 bridgehead atoms. The SMILES string of the molecule is C[Si](C)=[Zr+2].[Br-].[Br-].[C-]1=CC=CC1.[C-]1=CC=CC1. The van der Waals surface area contributed by atoms with Crippen LogP contribution < -0.4 is 34.0 Å². The van der Waals surface area contributed by atoms with E-state index in [9.17, 15) is 0 Å². The van der Waals surface area contributed by atoms with Gasteiger partial charge in [-0.05, 0) is 0 Å². The molecule has 0 saturated carbocycles. The molecule has 2 aliphatic carbocycles. The van der Waals surface area contributed by atoms with Crippen molar-refractivity contribution >= 4 is 5.43 Å². The van der Waals surface area contributed by atoms with Crippen LogP contribution in [0.2, 0.25) is 13.1 Å². The normalized spacial score (nSPS) is 12.8. The van der Waals surface area contributed by atoms with Gasteiger partial charge in [-0.1, -0.05) is 0 Å². The van der Waals surface area contributed by atoms with E-state index in [0.29, 0.717) is 0 Å². The number of hydrogen-bond acceptors (Lipinski definition) is 0. The van der Waals surface area contributed by atoms with Gasteiger partial charge in [-0.3, -0.25) is 12.2 Å². The molecule has 0 radical (unpaired) electrons. The third-order valence-electron chi connectivity index (χ3n) is 1.17. The molecule has 2 rings (SSSR count). The first-order valence-corrected chi connectivity index (χ1v) is 10.9. The second-order valence-corrected chi connectivity index (χ2v) is 12.4. The van der Waals surface area contributed by atoms with Crippen molar-refractivity contribution in [2.24, 2.45) is 0 Å². The molecule has 0 aliphatic heterocycles. The van der Waals surface area contributed by atoms with Crippen molar-refractivity contribution in [1.29, 1.82) is 0 Å². The molecule has 0 nitrogen and oxygen atoms in total. The van der Waals surface area contributed by atoms with Gasteiger partial charge in [-0.25, -0.2) is 24.3 Å². The van der Waals surface area contributed by atoms with Crippen LogP contribution in [0.1, 0.15) is 12.8 Å². The number of rotatable bonds is 0. The van der Waals surface area contributed by atoms with Gasteiger partial charge in [-0.2, -0.15) is 12.2 Å². The quantitative estimate of drug-likeness (QED) is 0.287. The van der Waals surface area contributed by atoms with Crippen LogP contribution in [0.3, 0.4) is 0 Å². The summed E-state index contributed by atoms with van der Waals surface area (Å²) in [6, 6.07) is 0. The van der Waals surface area contributed by atoms with Crippen molar-refractivity contribution in [2.45, 2.75) is 25.9 Å². The van der Waals surface area contributed by atoms with Crippen LogP contribution in [0.25, 0.3) is 0 Å². The summed E-state index contributed by atoms with van der Waals surface area (Å²) < 4.78 is 0. The zero-order chi connectivity index (χ0) is 10.6. The molecule has 0 amide bonds. The summed E-state index contributed by atoms with van der Waals surface area (Å²) in [5.41, 5.74) is 0.210. The van der Waals surface area contributed by atoms with Gasteiger partial charge in [0.2, 0.25) is 0 Å². The van der Waals surface area contributed by atoms with Crippen LogP contribution in [0.4, 0.5) is 0 Å². The molecule has 88 valence electrons. The van der Waals surface area contributed by atoms with Gasteiger partial charge in [-0.15, -0.1) is 12.8 Å². The zero-order valence-electron chi connectivity index (χ0n) is 9.63. The molecule has 16 heavy (non-hydrogen) atoms. The van der Waals surface area contributed by atoms with E-state index >= 15 is 0 Å². The van der Waals surface area contributed by atoms with Crippen molar-refractivity contribution in [3.05, 3.63) is 48.6 Å². The fourth-order valence-electron chi connectivity index (χ4n) is 0.680. The topological polar surface area (TPSA) is 0 Å². The molecule has 0 aromatic heterocycles. The third-order valence-corrected chi connectivity index (χ3v) is 1.17. The van der Waals surface area contributed by atoms with Crippen LogP contribution in [-0.4, -0.2) is 5.43 Å². The molecule has 0 saturated heterocycles. The van der Waals surface area contributed by atoms with Crippen molar-refractivity contribution in [1.82, 2.24) is 0 Å². The summed E-state index contributed by atoms with van der Waals surface area (Å²) in [4.78, 5) is 0. The van der Waals surface area contributed by atoms with Crippen LogP contribution in [0.5, 0.6) is 0 Å². The maximum atomic E-state index is 2.99. The maximum Gasteiger partial charge on any atom is -0.109 e. The third kappa shape index (κ3) is 24.3. The molecule has 0 spiro atoms. The van der Waals surface area contributed by atoms with Gasteiger partial charge < -0.3 is 34.0 Å². The minimum atomic E-state index is 0. The van der Waals surface area contributed by atoms with E-state index < -0.39 is 0 Å². The number of allylic oxidation sites excluding steroid dienone is 8. The van der Waals surface area contributed by atoms with E-state index in [1.54, 1.807) is 23.3 Å². The van der Waals surface area contributed by atoms with Crippen molar-refractivity contribution in [2.75, 3.05) is 0 Å². The summed E-state index contributed by atoms with van der Waals surface area (Å²) in [6.07, 6.45) is 20.0. The minimum Gasteiger partial charge on any atom is -1.00 e. The molecular weight excluding hydrogens is 423 g/mol. The average molecular weight is 439 g/mol. The Balaban J connectivity index is -0.000000151. The van der Waals surface area contributed by atoms with Gasteiger partial charge in [0.25, 0.3) is 0 Å². The molecule has 0 heterocycles. The molecule has 0 aromatic carbocycles. The van der Waals surface area contributed by atoms with Crippen molar-refractivity contribution < 1.29 is 57.3 Å². The average Bonchev–Trinajstić information content (AvgIpc) is 2.83. The van der Waals surface area contributed by atoms with Crippen LogP contribution in [-0.2, 0) is 23.3 Å². The minimum absolute atomic E-state index is 0. The predicted molar refractivity (Wildman–Crippen MR) is 60.6 cm³/mol. The van der Waals surface area contributed by atoms with E-state index in [1.807, 2.05) is 24.3 Å². The van der Waals surface area contributed by atoms with E-state index in [2.05, 4.69) is 37.4 Å². The zero-order valence-corrected chi connectivity index (χ0v) is 16.3. The largest absolute Gasteiger partial charge is 1.00 e. The summed E-state index contributed by atoms with van der Waals surface area (Å²) in [7, 11) is 0. The summed E-state index contributed by atoms with van der Waals surface area (Å²) >= 11 is 1.74. The Hall–Kier alpha value is 1.02. The summed E-state index contributed by atoms with van der Waals surface area (Å²) in [5, 5.41) is 0. The standard InChI is InChI=1S/2C5H5.C2H6Si.2BrH.Zr/c2*1-2-4-5-3-1;1-3-2;;;/h2*1-3H,4H2;1-2H3;2*1H;/q2*-1;;;;+2/p-2. The van der Waals surface area contributed by atoms with Crippen LogP contribution >= 0.6 is 0 Å². The summed E-state index contributed by atoms with van der Waals surface area (Å²) in [6.45, 7) is 4.62. The maximum absolute atomic E-state index is 2.99. The fourth-order valence-corrected chi connectivity index (χ4v) is 0.680. The van der Waals surface area contributed by atoms with Gasteiger partial charge in [0.1, 0.15) is 0 Å². The van der Waals surface area contributed by atoms with Crippen LogP contribution in [0, 0.1) is 12.2 Å². The number of halogens is 2. The molecule has 0 atom stereocenters. The van der Waals surface area contributed by atoms with E-state index in [-0.39, 0.29) is 39.4 Å². The second kappa shape index (κ2) is 18.4. The first-order chi connectivity index (χ1) is 6.73. The summed E-state index contributed by atoms with van der Waals surface area (Å²) in [5.74, 6) is 0. The Morgan fingerprint density at radius 3 is 1.31 bits per heavy atom. The Bertz CT molecular complexity index is 222. The monoisotopic (exact) mass is 436 g/mol. The smallest absolute Gasteiger partial charge is 0.109 e. The van der Waals surface area contributed by atoms with Crippen LogP contribution in [0.15, 0.2) is 36.5 Å². The van der Waals surface area contributed by atoms with Gasteiger partial charge in [0.15, 0.2) is 0 Å². The molecule has 0 aromatic rings. The van der Waals surface area contributed by atoms with Gasteiger partial charge >= 0.3 is 41.9 Å². The van der Waals surface area contributed by atoms with E-state index in [1.165, 1.54) is 0 Å². The first kappa shape index (κ1) is 22.2. The Morgan fingerprint density at radius 1 is 0.938 bits per heavy atom. The Labute approximate surface area is 136 Å².